The fourth-order valence-corrected chi connectivity index (χ4v) is 3.79. The molecule has 4 rings (SSSR count). The highest BCUT2D eigenvalue weighted by molar-refractivity contribution is 7.85. The molecule has 0 bridgehead atoms. The molecular formula is C11H6N4O2S2. The Labute approximate surface area is 113 Å². The Hall–Kier alpha value is -2.06. The van der Waals surface area contributed by atoms with Gasteiger partial charge in [-0.1, -0.05) is 12.1 Å². The van der Waals surface area contributed by atoms with E-state index < -0.39 is 11.2 Å². The van der Waals surface area contributed by atoms with Crippen LogP contribution >= 0.6 is 11.3 Å². The second kappa shape index (κ2) is 3.72. The smallest absolute Gasteiger partial charge is 0.276 e. The van der Waals surface area contributed by atoms with Crippen LogP contribution in [-0.4, -0.2) is 20.1 Å². The van der Waals surface area contributed by atoms with E-state index in [1.54, 1.807) is 0 Å². The number of anilines is 1. The summed E-state index contributed by atoms with van der Waals surface area (Å²) in [6.45, 7) is 0. The molecule has 6 nitrogen and oxygen atoms in total. The molecule has 3 aromatic rings. The van der Waals surface area contributed by atoms with Crippen LogP contribution in [-0.2, 0) is 11.2 Å². The number of benzene rings is 1. The molecule has 0 spiro atoms. The van der Waals surface area contributed by atoms with Crippen molar-refractivity contribution in [1.29, 1.82) is 0 Å². The molecule has 2 N–H and O–H groups in total. The van der Waals surface area contributed by atoms with Crippen LogP contribution < -0.4 is 9.44 Å². The van der Waals surface area contributed by atoms with Gasteiger partial charge >= 0.3 is 0 Å². The lowest BCUT2D eigenvalue weighted by atomic mass is 10.3. The van der Waals surface area contributed by atoms with Crippen molar-refractivity contribution in [2.24, 2.45) is 0 Å². The largest absolute Gasteiger partial charge is 0.284 e. The summed E-state index contributed by atoms with van der Waals surface area (Å²) >= 11 is -0.368. The molecule has 3 heterocycles. The molecule has 1 amide bonds. The van der Waals surface area contributed by atoms with Gasteiger partial charge in [-0.3, -0.25) is 14.2 Å². The number of carbonyl (C=O) groups excluding carboxylic acids is 1. The molecule has 0 fully saturated rings. The van der Waals surface area contributed by atoms with Crippen molar-refractivity contribution >= 4 is 55.5 Å². The molecule has 2 aromatic heterocycles. The first-order valence-electron chi connectivity index (χ1n) is 5.41. The van der Waals surface area contributed by atoms with E-state index in [9.17, 15) is 9.00 Å². The standard InChI is InChI=1S/C11H6N4O2S2/c16-10-9-7(14-19(17)15-10)8-11(18-9)13-6-4-2-1-3-5(6)12-8/h1-4,14H,(H,15,16). The summed E-state index contributed by atoms with van der Waals surface area (Å²) in [5, 5.41) is 0. The number of rotatable bonds is 0. The van der Waals surface area contributed by atoms with Gasteiger partial charge in [0, 0.05) is 0 Å². The third kappa shape index (κ3) is 1.53. The third-order valence-electron chi connectivity index (χ3n) is 2.79. The van der Waals surface area contributed by atoms with Gasteiger partial charge in [-0.05, 0) is 12.1 Å². The highest BCUT2D eigenvalue weighted by Crippen LogP contribution is 2.36. The molecule has 1 aliphatic rings. The average Bonchev–Trinajstić information content (AvgIpc) is 2.74. The first-order chi connectivity index (χ1) is 9.22. The van der Waals surface area contributed by atoms with Crippen LogP contribution in [0.4, 0.5) is 5.69 Å². The number of nitrogens with zero attached hydrogens (tertiary/aromatic N) is 2. The summed E-state index contributed by atoms with van der Waals surface area (Å²) < 4.78 is 16.5. The molecule has 1 aliphatic heterocycles. The van der Waals surface area contributed by atoms with Crippen LogP contribution in [0.3, 0.4) is 0 Å². The van der Waals surface area contributed by atoms with Gasteiger partial charge in [0.1, 0.15) is 15.2 Å². The van der Waals surface area contributed by atoms with Gasteiger partial charge in [0.15, 0.2) is 0 Å². The van der Waals surface area contributed by atoms with Gasteiger partial charge in [0.25, 0.3) is 5.91 Å². The summed E-state index contributed by atoms with van der Waals surface area (Å²) in [5.74, 6) is -0.360. The Morgan fingerprint density at radius 2 is 1.84 bits per heavy atom. The second-order valence-corrected chi connectivity index (χ2v) is 5.92. The second-order valence-electron chi connectivity index (χ2n) is 3.97. The van der Waals surface area contributed by atoms with E-state index in [0.29, 0.717) is 20.9 Å². The number of amides is 1. The number of thiophene rings is 1. The first-order valence-corrected chi connectivity index (χ1v) is 7.38. The molecule has 0 saturated carbocycles. The van der Waals surface area contributed by atoms with E-state index in [1.165, 1.54) is 11.3 Å². The number of aromatic nitrogens is 2. The molecule has 94 valence electrons. The molecule has 0 saturated heterocycles. The zero-order valence-corrected chi connectivity index (χ0v) is 11.0. The molecule has 19 heavy (non-hydrogen) atoms. The van der Waals surface area contributed by atoms with Gasteiger partial charge in [0.05, 0.1) is 16.7 Å². The number of hydrogen-bond acceptors (Lipinski definition) is 5. The predicted molar refractivity (Wildman–Crippen MR) is 74.2 cm³/mol. The van der Waals surface area contributed by atoms with Crippen molar-refractivity contribution in [2.75, 3.05) is 4.72 Å². The summed E-state index contributed by atoms with van der Waals surface area (Å²) in [7, 11) is 0. The summed E-state index contributed by atoms with van der Waals surface area (Å²) in [6.07, 6.45) is 0. The molecular weight excluding hydrogens is 284 g/mol. The van der Waals surface area contributed by atoms with Crippen molar-refractivity contribution in [3.8, 4) is 0 Å². The zero-order valence-electron chi connectivity index (χ0n) is 9.34. The SMILES string of the molecule is O=C1NS(=O)Nc2c1sc1nc3ccccc3nc21. The molecule has 0 aliphatic carbocycles. The van der Waals surface area contributed by atoms with Crippen LogP contribution in [0.25, 0.3) is 21.4 Å². The van der Waals surface area contributed by atoms with E-state index in [4.69, 9.17) is 0 Å². The average molecular weight is 290 g/mol. The Morgan fingerprint density at radius 1 is 1.11 bits per heavy atom. The van der Waals surface area contributed by atoms with Crippen molar-refractivity contribution in [2.45, 2.75) is 0 Å². The number of fused-ring (bicyclic) bond motifs is 4. The van der Waals surface area contributed by atoms with E-state index in [-0.39, 0.29) is 5.91 Å². The maximum Gasteiger partial charge on any atom is 0.276 e. The lowest BCUT2D eigenvalue weighted by molar-refractivity contribution is 0.0986. The van der Waals surface area contributed by atoms with E-state index >= 15 is 0 Å². The van der Waals surface area contributed by atoms with Crippen molar-refractivity contribution in [3.05, 3.63) is 29.1 Å². The summed E-state index contributed by atoms with van der Waals surface area (Å²) in [6, 6.07) is 7.48. The van der Waals surface area contributed by atoms with Crippen molar-refractivity contribution in [1.82, 2.24) is 14.7 Å². The van der Waals surface area contributed by atoms with E-state index in [2.05, 4.69) is 19.4 Å². The molecule has 1 aromatic carbocycles. The lowest BCUT2D eigenvalue weighted by Gasteiger charge is -2.12. The topological polar surface area (TPSA) is 84.0 Å². The quantitative estimate of drug-likeness (QED) is 0.658. The van der Waals surface area contributed by atoms with Gasteiger partial charge in [-0.15, -0.1) is 11.3 Å². The Morgan fingerprint density at radius 3 is 2.63 bits per heavy atom. The van der Waals surface area contributed by atoms with Crippen LogP contribution in [0, 0.1) is 0 Å². The Bertz CT molecular complexity index is 874. The van der Waals surface area contributed by atoms with E-state index in [1.807, 2.05) is 24.3 Å². The molecule has 1 unspecified atom stereocenters. The normalized spacial score (nSPS) is 18.1. The number of nitrogens with one attached hydrogen (secondary N) is 2. The van der Waals surface area contributed by atoms with Crippen molar-refractivity contribution in [3.63, 3.8) is 0 Å². The van der Waals surface area contributed by atoms with Crippen LogP contribution in [0.5, 0.6) is 0 Å². The number of carbonyl (C=O) groups is 1. The lowest BCUT2D eigenvalue weighted by Crippen LogP contribution is -2.34. The minimum atomic E-state index is -1.61. The summed E-state index contributed by atoms with van der Waals surface area (Å²) in [4.78, 5) is 21.9. The maximum absolute atomic E-state index is 11.8. The Balaban J connectivity index is 2.11. The molecule has 0 radical (unpaired) electrons. The Kier molecular flexibility index (Phi) is 2.12. The molecule has 1 atom stereocenters. The maximum atomic E-state index is 11.8. The van der Waals surface area contributed by atoms with E-state index in [0.717, 1.165) is 11.0 Å². The summed E-state index contributed by atoms with van der Waals surface area (Å²) in [5.41, 5.74) is 2.60. The fraction of sp³-hybridized carbons (Fsp3) is 0. The number of hydrogen-bond donors (Lipinski definition) is 2. The highest BCUT2D eigenvalue weighted by atomic mass is 32.2. The van der Waals surface area contributed by atoms with Gasteiger partial charge in [-0.2, -0.15) is 0 Å². The van der Waals surface area contributed by atoms with Crippen molar-refractivity contribution < 1.29 is 9.00 Å². The van der Waals surface area contributed by atoms with Gasteiger partial charge in [0.2, 0.25) is 11.2 Å². The van der Waals surface area contributed by atoms with Crippen LogP contribution in [0.2, 0.25) is 0 Å². The minimum Gasteiger partial charge on any atom is -0.284 e. The predicted octanol–water partition coefficient (Wildman–Crippen LogP) is 1.58. The third-order valence-corrected chi connectivity index (χ3v) is 4.62. The fourth-order valence-electron chi connectivity index (χ4n) is 1.98. The van der Waals surface area contributed by atoms with Crippen LogP contribution in [0.1, 0.15) is 9.67 Å². The van der Waals surface area contributed by atoms with Crippen LogP contribution in [0.15, 0.2) is 24.3 Å². The highest BCUT2D eigenvalue weighted by Gasteiger charge is 2.27. The molecule has 8 heteroatoms. The number of para-hydroxylation sites is 2. The zero-order chi connectivity index (χ0) is 13.0. The monoisotopic (exact) mass is 290 g/mol. The first kappa shape index (κ1) is 10.8. The van der Waals surface area contributed by atoms with Gasteiger partial charge < -0.3 is 0 Å². The minimum absolute atomic E-state index is 0.360. The van der Waals surface area contributed by atoms with Gasteiger partial charge in [-0.25, -0.2) is 14.2 Å².